The molecule has 1 saturated heterocycles. The van der Waals surface area contributed by atoms with Crippen LogP contribution in [0.1, 0.15) is 10.9 Å². The summed E-state index contributed by atoms with van der Waals surface area (Å²) in [6, 6.07) is 4.05. The number of nitriles is 1. The molecule has 1 aromatic heterocycles. The highest BCUT2D eigenvalue weighted by Crippen LogP contribution is 2.37. The lowest BCUT2D eigenvalue weighted by molar-refractivity contribution is 0.0272. The van der Waals surface area contributed by atoms with Crippen molar-refractivity contribution >= 4 is 38.9 Å². The fourth-order valence-electron chi connectivity index (χ4n) is 1.66. The minimum absolute atomic E-state index is 0.210. The van der Waals surface area contributed by atoms with Crippen LogP contribution in [0.3, 0.4) is 0 Å². The van der Waals surface area contributed by atoms with E-state index in [-0.39, 0.29) is 6.04 Å². The molecule has 0 aromatic carbocycles. The van der Waals surface area contributed by atoms with Crippen LogP contribution in [0.4, 0.5) is 0 Å². The number of halogens is 2. The predicted molar refractivity (Wildman–Crippen MR) is 67.8 cm³/mol. The molecule has 2 rings (SSSR count). The van der Waals surface area contributed by atoms with Gasteiger partial charge in [0.15, 0.2) is 0 Å². The van der Waals surface area contributed by atoms with Gasteiger partial charge in [-0.05, 0) is 22.0 Å². The lowest BCUT2D eigenvalue weighted by atomic mass is 10.2. The first-order valence-corrected chi connectivity index (χ1v) is 6.87. The summed E-state index contributed by atoms with van der Waals surface area (Å²) in [6.45, 7) is 2.98. The molecule has 0 radical (unpaired) electrons. The molecule has 16 heavy (non-hydrogen) atoms. The summed E-state index contributed by atoms with van der Waals surface area (Å²) in [6.07, 6.45) is 0. The van der Waals surface area contributed by atoms with Crippen LogP contribution in [0.25, 0.3) is 0 Å². The van der Waals surface area contributed by atoms with Crippen LogP contribution in [0.15, 0.2) is 10.5 Å². The summed E-state index contributed by atoms with van der Waals surface area (Å²) < 4.78 is 6.84. The Bertz CT molecular complexity index is 392. The summed E-state index contributed by atoms with van der Waals surface area (Å²) in [5, 5.41) is 9.25. The van der Waals surface area contributed by atoms with E-state index in [4.69, 9.17) is 16.3 Å². The summed E-state index contributed by atoms with van der Waals surface area (Å²) in [7, 11) is 0. The Morgan fingerprint density at radius 3 is 2.75 bits per heavy atom. The largest absolute Gasteiger partial charge is 0.379 e. The molecule has 6 heteroatoms. The average Bonchev–Trinajstić information content (AvgIpc) is 2.61. The maximum Gasteiger partial charge on any atom is 0.133 e. The zero-order valence-electron chi connectivity index (χ0n) is 8.45. The maximum atomic E-state index is 9.25. The van der Waals surface area contributed by atoms with Crippen LogP contribution in [-0.2, 0) is 4.74 Å². The van der Waals surface area contributed by atoms with Crippen molar-refractivity contribution in [2.24, 2.45) is 0 Å². The Kier molecular flexibility index (Phi) is 4.22. The summed E-state index contributed by atoms with van der Waals surface area (Å²) in [5.74, 6) is 0. The number of hydrogen-bond acceptors (Lipinski definition) is 4. The van der Waals surface area contributed by atoms with E-state index in [1.165, 1.54) is 11.3 Å². The highest BCUT2D eigenvalue weighted by Gasteiger charge is 2.24. The fourth-order valence-corrected chi connectivity index (χ4v) is 3.48. The molecule has 0 saturated carbocycles. The molecule has 1 aliphatic rings. The summed E-state index contributed by atoms with van der Waals surface area (Å²) in [5.41, 5.74) is 0. The van der Waals surface area contributed by atoms with E-state index in [2.05, 4.69) is 26.9 Å². The third-order valence-electron chi connectivity index (χ3n) is 2.47. The third kappa shape index (κ3) is 2.58. The van der Waals surface area contributed by atoms with Crippen molar-refractivity contribution in [1.29, 1.82) is 5.26 Å². The van der Waals surface area contributed by atoms with Gasteiger partial charge in [-0.1, -0.05) is 11.6 Å². The van der Waals surface area contributed by atoms with Crippen molar-refractivity contribution in [2.45, 2.75) is 6.04 Å². The molecular weight excluding hydrogens is 312 g/mol. The molecular formula is C10H10BrClN2OS. The van der Waals surface area contributed by atoms with Gasteiger partial charge in [-0.25, -0.2) is 0 Å². The van der Waals surface area contributed by atoms with E-state index in [0.717, 1.165) is 22.4 Å². The molecule has 0 N–H and O–H groups in total. The molecule has 1 fully saturated rings. The first-order chi connectivity index (χ1) is 7.72. The standard InChI is InChI=1S/C10H10BrClN2OS/c11-7-5-9(16-10(7)12)8(6-13)14-1-3-15-4-2-14/h5,8H,1-4H2. The first-order valence-electron chi connectivity index (χ1n) is 4.88. The van der Waals surface area contributed by atoms with E-state index in [1.807, 2.05) is 6.07 Å². The van der Waals surface area contributed by atoms with Gasteiger partial charge in [0, 0.05) is 22.4 Å². The minimum Gasteiger partial charge on any atom is -0.379 e. The molecule has 86 valence electrons. The van der Waals surface area contributed by atoms with Gasteiger partial charge in [0.25, 0.3) is 0 Å². The maximum absolute atomic E-state index is 9.25. The molecule has 0 spiro atoms. The van der Waals surface area contributed by atoms with Gasteiger partial charge in [-0.3, -0.25) is 4.90 Å². The molecule has 1 aliphatic heterocycles. The van der Waals surface area contributed by atoms with Crippen molar-refractivity contribution in [2.75, 3.05) is 26.3 Å². The number of rotatable bonds is 2. The Hall–Kier alpha value is -0.120. The third-order valence-corrected chi connectivity index (χ3v) is 4.99. The van der Waals surface area contributed by atoms with Gasteiger partial charge in [0.2, 0.25) is 0 Å². The second-order valence-electron chi connectivity index (χ2n) is 3.45. The number of morpholine rings is 1. The SMILES string of the molecule is N#CC(c1cc(Br)c(Cl)s1)N1CCOCC1. The van der Waals surface area contributed by atoms with Crippen LogP contribution in [0, 0.1) is 11.3 Å². The van der Waals surface area contributed by atoms with Gasteiger partial charge in [-0.15, -0.1) is 11.3 Å². The molecule has 1 aromatic rings. The van der Waals surface area contributed by atoms with Crippen molar-refractivity contribution in [3.05, 3.63) is 19.8 Å². The Morgan fingerprint density at radius 1 is 1.56 bits per heavy atom. The lowest BCUT2D eigenvalue weighted by Gasteiger charge is -2.29. The molecule has 1 atom stereocenters. The predicted octanol–water partition coefficient (Wildman–Crippen LogP) is 3.06. The Morgan fingerprint density at radius 2 is 2.25 bits per heavy atom. The van der Waals surface area contributed by atoms with Crippen molar-refractivity contribution in [3.8, 4) is 6.07 Å². The van der Waals surface area contributed by atoms with Crippen LogP contribution >= 0.6 is 38.9 Å². The van der Waals surface area contributed by atoms with E-state index in [1.54, 1.807) is 0 Å². The molecule has 0 aliphatic carbocycles. The highest BCUT2D eigenvalue weighted by molar-refractivity contribution is 9.10. The Balaban J connectivity index is 2.18. The van der Waals surface area contributed by atoms with E-state index < -0.39 is 0 Å². The van der Waals surface area contributed by atoms with Gasteiger partial charge >= 0.3 is 0 Å². The molecule has 0 amide bonds. The van der Waals surface area contributed by atoms with Gasteiger partial charge in [0.05, 0.1) is 19.3 Å². The van der Waals surface area contributed by atoms with E-state index in [0.29, 0.717) is 17.6 Å². The smallest absolute Gasteiger partial charge is 0.133 e. The van der Waals surface area contributed by atoms with Crippen molar-refractivity contribution in [1.82, 2.24) is 4.90 Å². The first kappa shape index (κ1) is 12.3. The fraction of sp³-hybridized carbons (Fsp3) is 0.500. The van der Waals surface area contributed by atoms with Crippen LogP contribution in [-0.4, -0.2) is 31.2 Å². The summed E-state index contributed by atoms with van der Waals surface area (Å²) >= 11 is 10.8. The zero-order valence-corrected chi connectivity index (χ0v) is 11.6. The van der Waals surface area contributed by atoms with Crippen LogP contribution in [0.5, 0.6) is 0 Å². The van der Waals surface area contributed by atoms with E-state index in [9.17, 15) is 5.26 Å². The van der Waals surface area contributed by atoms with Crippen molar-refractivity contribution in [3.63, 3.8) is 0 Å². The quantitative estimate of drug-likeness (QED) is 0.840. The number of nitrogens with zero attached hydrogens (tertiary/aromatic N) is 2. The van der Waals surface area contributed by atoms with E-state index >= 15 is 0 Å². The average molecular weight is 322 g/mol. The highest BCUT2D eigenvalue weighted by atomic mass is 79.9. The van der Waals surface area contributed by atoms with Gasteiger partial charge in [-0.2, -0.15) is 5.26 Å². The lowest BCUT2D eigenvalue weighted by Crippen LogP contribution is -2.38. The molecule has 1 unspecified atom stereocenters. The Labute approximate surface area is 112 Å². The normalized spacial score (nSPS) is 19.3. The number of ether oxygens (including phenoxy) is 1. The number of hydrogen-bond donors (Lipinski definition) is 0. The monoisotopic (exact) mass is 320 g/mol. The second-order valence-corrected chi connectivity index (χ2v) is 5.99. The molecule has 3 nitrogen and oxygen atoms in total. The minimum atomic E-state index is -0.210. The topological polar surface area (TPSA) is 36.3 Å². The number of thiophene rings is 1. The van der Waals surface area contributed by atoms with Gasteiger partial charge < -0.3 is 4.74 Å². The van der Waals surface area contributed by atoms with Crippen molar-refractivity contribution < 1.29 is 4.74 Å². The molecule has 0 bridgehead atoms. The zero-order chi connectivity index (χ0) is 11.5. The van der Waals surface area contributed by atoms with Crippen LogP contribution < -0.4 is 0 Å². The van der Waals surface area contributed by atoms with Crippen LogP contribution in [0.2, 0.25) is 4.34 Å². The molecule has 2 heterocycles. The summed E-state index contributed by atoms with van der Waals surface area (Å²) in [4.78, 5) is 3.11. The second kappa shape index (κ2) is 5.48. The van der Waals surface area contributed by atoms with Gasteiger partial charge in [0.1, 0.15) is 10.4 Å².